The zero-order chi connectivity index (χ0) is 14.8. The molecule has 1 fully saturated rings. The fraction of sp³-hybridized carbons (Fsp3) is 0.500. The van der Waals surface area contributed by atoms with Crippen molar-refractivity contribution in [2.75, 3.05) is 25.0 Å². The summed E-state index contributed by atoms with van der Waals surface area (Å²) in [5.41, 5.74) is 1.00. The van der Waals surface area contributed by atoms with E-state index < -0.39 is 10.0 Å². The first-order valence-corrected chi connectivity index (χ1v) is 8.21. The smallest absolute Gasteiger partial charge is 0.240 e. The van der Waals surface area contributed by atoms with Gasteiger partial charge < -0.3 is 4.90 Å². The monoisotopic (exact) mass is 296 g/mol. The molecule has 5 nitrogen and oxygen atoms in total. The number of benzene rings is 1. The molecule has 1 aliphatic heterocycles. The van der Waals surface area contributed by atoms with E-state index in [0.717, 1.165) is 31.6 Å². The lowest BCUT2D eigenvalue weighted by molar-refractivity contribution is -0.121. The van der Waals surface area contributed by atoms with E-state index in [1.54, 1.807) is 19.1 Å². The third-order valence-corrected chi connectivity index (χ3v) is 5.28. The molecule has 1 heterocycles. The first kappa shape index (κ1) is 15.0. The molecule has 1 aromatic carbocycles. The van der Waals surface area contributed by atoms with E-state index in [9.17, 15) is 13.2 Å². The third kappa shape index (κ3) is 3.19. The summed E-state index contributed by atoms with van der Waals surface area (Å²) in [6, 6.07) is 6.85. The molecular formula is C14H20N2O3S. The van der Waals surface area contributed by atoms with Crippen LogP contribution < -0.4 is 9.62 Å². The zero-order valence-corrected chi connectivity index (χ0v) is 12.6. The Labute approximate surface area is 120 Å². The fourth-order valence-electron chi connectivity index (χ4n) is 2.50. The summed E-state index contributed by atoms with van der Waals surface area (Å²) < 4.78 is 25.6. The Bertz CT molecular complexity index is 573. The van der Waals surface area contributed by atoms with Crippen molar-refractivity contribution in [1.29, 1.82) is 0 Å². The van der Waals surface area contributed by atoms with Gasteiger partial charge in [0.1, 0.15) is 5.78 Å². The summed E-state index contributed by atoms with van der Waals surface area (Å²) in [6.45, 7) is 3.32. The van der Waals surface area contributed by atoms with Gasteiger partial charge in [-0.15, -0.1) is 0 Å². The Balaban J connectivity index is 2.07. The molecule has 0 spiro atoms. The van der Waals surface area contributed by atoms with Crippen LogP contribution in [-0.4, -0.2) is 34.3 Å². The Morgan fingerprint density at radius 1 is 1.20 bits per heavy atom. The van der Waals surface area contributed by atoms with Crippen LogP contribution in [-0.2, 0) is 14.8 Å². The normalized spacial score (nSPS) is 17.2. The molecule has 0 saturated carbocycles. The lowest BCUT2D eigenvalue weighted by Crippen LogP contribution is -2.35. The summed E-state index contributed by atoms with van der Waals surface area (Å²) in [5.74, 6) is 0.440. The van der Waals surface area contributed by atoms with Gasteiger partial charge in [-0.05, 0) is 51.1 Å². The molecule has 20 heavy (non-hydrogen) atoms. The van der Waals surface area contributed by atoms with Crippen molar-refractivity contribution in [3.05, 3.63) is 24.3 Å². The van der Waals surface area contributed by atoms with Crippen LogP contribution in [0.4, 0.5) is 5.69 Å². The molecule has 2 rings (SSSR count). The van der Waals surface area contributed by atoms with Crippen LogP contribution >= 0.6 is 0 Å². The van der Waals surface area contributed by atoms with Gasteiger partial charge >= 0.3 is 0 Å². The predicted octanol–water partition coefficient (Wildman–Crippen LogP) is 1.40. The van der Waals surface area contributed by atoms with Crippen LogP contribution in [0.1, 0.15) is 19.8 Å². The number of rotatable bonds is 4. The maximum atomic E-state index is 11.6. The molecule has 6 heteroatoms. The van der Waals surface area contributed by atoms with E-state index in [-0.39, 0.29) is 16.6 Å². The predicted molar refractivity (Wildman–Crippen MR) is 78.3 cm³/mol. The molecule has 0 bridgehead atoms. The van der Waals surface area contributed by atoms with Crippen LogP contribution in [0.2, 0.25) is 0 Å². The molecule has 110 valence electrons. The first-order chi connectivity index (χ1) is 9.44. The van der Waals surface area contributed by atoms with Gasteiger partial charge in [0.2, 0.25) is 10.0 Å². The van der Waals surface area contributed by atoms with Crippen LogP contribution in [0.25, 0.3) is 0 Å². The van der Waals surface area contributed by atoms with E-state index in [4.69, 9.17) is 0 Å². The molecular weight excluding hydrogens is 276 g/mol. The van der Waals surface area contributed by atoms with E-state index in [0.29, 0.717) is 0 Å². The van der Waals surface area contributed by atoms with Crippen molar-refractivity contribution in [1.82, 2.24) is 4.72 Å². The number of carbonyl (C=O) groups is 1. The van der Waals surface area contributed by atoms with Crippen molar-refractivity contribution in [2.24, 2.45) is 5.92 Å². The molecule has 1 N–H and O–H groups in total. The topological polar surface area (TPSA) is 66.5 Å². The Hall–Kier alpha value is -1.40. The molecule has 0 unspecified atom stereocenters. The van der Waals surface area contributed by atoms with E-state index >= 15 is 0 Å². The molecule has 0 aromatic heterocycles. The number of Topliss-reactive ketones (excluding diaryl/α,β-unsaturated/α-hetero) is 1. The molecule has 1 saturated heterocycles. The number of anilines is 1. The summed E-state index contributed by atoms with van der Waals surface area (Å²) in [7, 11) is -1.98. The maximum absolute atomic E-state index is 11.6. The highest BCUT2D eigenvalue weighted by Crippen LogP contribution is 2.24. The first-order valence-electron chi connectivity index (χ1n) is 6.73. The Morgan fingerprint density at radius 3 is 2.20 bits per heavy atom. The van der Waals surface area contributed by atoms with Gasteiger partial charge in [-0.1, -0.05) is 0 Å². The number of nitrogens with zero attached hydrogens (tertiary/aromatic N) is 1. The minimum Gasteiger partial charge on any atom is -0.371 e. The van der Waals surface area contributed by atoms with Crippen LogP contribution in [0.3, 0.4) is 0 Å². The molecule has 0 amide bonds. The van der Waals surface area contributed by atoms with Crippen LogP contribution in [0.5, 0.6) is 0 Å². The van der Waals surface area contributed by atoms with E-state index in [1.165, 1.54) is 7.05 Å². The molecule has 1 aromatic rings. The van der Waals surface area contributed by atoms with Gasteiger partial charge in [-0.25, -0.2) is 13.1 Å². The highest BCUT2D eigenvalue weighted by atomic mass is 32.2. The number of hydrogen-bond acceptors (Lipinski definition) is 4. The third-order valence-electron chi connectivity index (χ3n) is 3.85. The molecule has 0 radical (unpaired) electrons. The van der Waals surface area contributed by atoms with Gasteiger partial charge in [-0.3, -0.25) is 4.79 Å². The van der Waals surface area contributed by atoms with Crippen molar-refractivity contribution >= 4 is 21.5 Å². The lowest BCUT2D eigenvalue weighted by Gasteiger charge is -2.32. The number of ketones is 1. The molecule has 1 aliphatic rings. The maximum Gasteiger partial charge on any atom is 0.240 e. The molecule has 0 aliphatic carbocycles. The van der Waals surface area contributed by atoms with Crippen molar-refractivity contribution in [3.8, 4) is 0 Å². The zero-order valence-electron chi connectivity index (χ0n) is 11.8. The van der Waals surface area contributed by atoms with E-state index in [1.807, 2.05) is 12.1 Å². The highest BCUT2D eigenvalue weighted by Gasteiger charge is 2.22. The number of hydrogen-bond donors (Lipinski definition) is 1. The average Bonchev–Trinajstić information content (AvgIpc) is 2.47. The van der Waals surface area contributed by atoms with Gasteiger partial charge in [0, 0.05) is 24.7 Å². The van der Waals surface area contributed by atoms with Gasteiger partial charge in [0.05, 0.1) is 4.90 Å². The summed E-state index contributed by atoms with van der Waals surface area (Å²) in [5, 5.41) is 0. The Morgan fingerprint density at radius 2 is 1.75 bits per heavy atom. The standard InChI is InChI=1S/C14H20N2O3S/c1-11(17)12-7-9-16(10-8-12)13-3-5-14(6-4-13)20(18,19)15-2/h3-6,12,15H,7-10H2,1-2H3. The minimum absolute atomic E-state index is 0.176. The van der Waals surface area contributed by atoms with Crippen LogP contribution in [0.15, 0.2) is 29.2 Å². The summed E-state index contributed by atoms with van der Waals surface area (Å²) in [4.78, 5) is 13.8. The summed E-state index contributed by atoms with van der Waals surface area (Å²) in [6.07, 6.45) is 1.73. The lowest BCUT2D eigenvalue weighted by atomic mass is 9.93. The number of sulfonamides is 1. The van der Waals surface area contributed by atoms with Gasteiger partial charge in [0.15, 0.2) is 0 Å². The van der Waals surface area contributed by atoms with Crippen molar-refractivity contribution in [2.45, 2.75) is 24.7 Å². The van der Waals surface area contributed by atoms with Crippen molar-refractivity contribution in [3.63, 3.8) is 0 Å². The number of carbonyl (C=O) groups excluding carboxylic acids is 1. The van der Waals surface area contributed by atoms with E-state index in [2.05, 4.69) is 9.62 Å². The molecule has 0 atom stereocenters. The summed E-state index contributed by atoms with van der Waals surface area (Å²) >= 11 is 0. The minimum atomic E-state index is -3.38. The average molecular weight is 296 g/mol. The second-order valence-corrected chi connectivity index (χ2v) is 6.96. The second-order valence-electron chi connectivity index (χ2n) is 5.07. The number of nitrogens with one attached hydrogen (secondary N) is 1. The van der Waals surface area contributed by atoms with Crippen LogP contribution in [0, 0.1) is 5.92 Å². The van der Waals surface area contributed by atoms with Crippen molar-refractivity contribution < 1.29 is 13.2 Å². The SMILES string of the molecule is CNS(=O)(=O)c1ccc(N2CCC(C(C)=O)CC2)cc1. The largest absolute Gasteiger partial charge is 0.371 e. The Kier molecular flexibility index (Phi) is 4.45. The number of piperidine rings is 1. The highest BCUT2D eigenvalue weighted by molar-refractivity contribution is 7.89. The second kappa shape index (κ2) is 5.93. The fourth-order valence-corrected chi connectivity index (χ4v) is 3.23. The quantitative estimate of drug-likeness (QED) is 0.912. The van der Waals surface area contributed by atoms with Gasteiger partial charge in [0.25, 0.3) is 0 Å². The van der Waals surface area contributed by atoms with Gasteiger partial charge in [-0.2, -0.15) is 0 Å².